The molecular weight excluding hydrogens is 394 g/mol. The highest BCUT2D eigenvalue weighted by Crippen LogP contribution is 2.25. The predicted octanol–water partition coefficient (Wildman–Crippen LogP) is 3.89. The van der Waals surface area contributed by atoms with Crippen LogP contribution in [0.15, 0.2) is 91.5 Å². The number of amides is 1. The third-order valence-corrected chi connectivity index (χ3v) is 4.89. The van der Waals surface area contributed by atoms with Crippen molar-refractivity contribution < 1.29 is 9.72 Å². The van der Waals surface area contributed by atoms with E-state index in [4.69, 9.17) is 0 Å². The van der Waals surface area contributed by atoms with Gasteiger partial charge in [0.2, 0.25) is 0 Å². The molecular formula is C23H19N5O3. The molecule has 1 aromatic heterocycles. The van der Waals surface area contributed by atoms with Gasteiger partial charge in [0.15, 0.2) is 0 Å². The lowest BCUT2D eigenvalue weighted by Crippen LogP contribution is -2.30. The van der Waals surface area contributed by atoms with E-state index in [2.05, 4.69) is 15.4 Å². The van der Waals surface area contributed by atoms with Crippen LogP contribution in [-0.2, 0) is 6.42 Å². The van der Waals surface area contributed by atoms with Crippen LogP contribution in [0.2, 0.25) is 0 Å². The van der Waals surface area contributed by atoms with Gasteiger partial charge in [0, 0.05) is 11.6 Å². The highest BCUT2D eigenvalue weighted by atomic mass is 16.6. The number of hydrogen-bond donors (Lipinski definition) is 1. The van der Waals surface area contributed by atoms with Crippen molar-refractivity contribution in [3.8, 4) is 5.69 Å². The fraction of sp³-hybridized carbons (Fsp3) is 0.0870. The minimum atomic E-state index is -0.535. The molecule has 0 aliphatic heterocycles. The Hall–Kier alpha value is -4.33. The van der Waals surface area contributed by atoms with Crippen LogP contribution in [-0.4, -0.2) is 25.6 Å². The first-order valence-electron chi connectivity index (χ1n) is 9.65. The molecule has 4 rings (SSSR count). The van der Waals surface area contributed by atoms with Gasteiger partial charge in [-0.15, -0.1) is 0 Å². The van der Waals surface area contributed by atoms with Gasteiger partial charge in [0.05, 0.1) is 11.0 Å². The van der Waals surface area contributed by atoms with Crippen molar-refractivity contribution in [3.63, 3.8) is 0 Å². The molecule has 0 fully saturated rings. The van der Waals surface area contributed by atoms with E-state index in [0.717, 1.165) is 11.1 Å². The van der Waals surface area contributed by atoms with Crippen LogP contribution in [0, 0.1) is 10.1 Å². The van der Waals surface area contributed by atoms with Gasteiger partial charge in [-0.1, -0.05) is 60.7 Å². The third kappa shape index (κ3) is 4.64. The summed E-state index contributed by atoms with van der Waals surface area (Å²) >= 11 is 0. The molecule has 31 heavy (non-hydrogen) atoms. The summed E-state index contributed by atoms with van der Waals surface area (Å²) in [4.78, 5) is 27.9. The Bertz CT molecular complexity index is 1180. The summed E-state index contributed by atoms with van der Waals surface area (Å²) in [6, 6.07) is 23.5. The lowest BCUT2D eigenvalue weighted by atomic mass is 9.98. The number of hydrogen-bond acceptors (Lipinski definition) is 5. The molecule has 0 saturated carbocycles. The van der Waals surface area contributed by atoms with Crippen LogP contribution in [0.3, 0.4) is 0 Å². The standard InChI is InChI=1S/C23H19N5O3/c29-23(19-11-12-21(22(14-19)28(30)31)27-16-24-15-25-27)26-20(18-9-5-2-6-10-18)13-17-7-3-1-4-8-17/h1-12,14-16,20H,13H2,(H,26,29)/t20-/m0/s1. The lowest BCUT2D eigenvalue weighted by Gasteiger charge is -2.20. The number of nitrogens with zero attached hydrogens (tertiary/aromatic N) is 4. The second kappa shape index (κ2) is 9.00. The van der Waals surface area contributed by atoms with E-state index in [9.17, 15) is 14.9 Å². The van der Waals surface area contributed by atoms with E-state index in [1.807, 2.05) is 60.7 Å². The highest BCUT2D eigenvalue weighted by Gasteiger charge is 2.22. The third-order valence-electron chi connectivity index (χ3n) is 4.89. The number of benzene rings is 3. The number of carbonyl (C=O) groups is 1. The van der Waals surface area contributed by atoms with Gasteiger partial charge in [-0.05, 0) is 29.7 Å². The average molecular weight is 413 g/mol. The molecule has 154 valence electrons. The SMILES string of the molecule is O=C(N[C@@H](Cc1ccccc1)c1ccccc1)c1ccc(-n2cncn2)c([N+](=O)[O-])c1. The summed E-state index contributed by atoms with van der Waals surface area (Å²) < 4.78 is 1.29. The molecule has 0 spiro atoms. The lowest BCUT2D eigenvalue weighted by molar-refractivity contribution is -0.384. The summed E-state index contributed by atoms with van der Waals surface area (Å²) in [6.07, 6.45) is 3.25. The van der Waals surface area contributed by atoms with Gasteiger partial charge in [-0.25, -0.2) is 9.67 Å². The van der Waals surface area contributed by atoms with Crippen molar-refractivity contribution in [2.24, 2.45) is 0 Å². The minimum Gasteiger partial charge on any atom is -0.345 e. The van der Waals surface area contributed by atoms with Gasteiger partial charge in [0.25, 0.3) is 11.6 Å². The molecule has 0 aliphatic carbocycles. The largest absolute Gasteiger partial charge is 0.345 e. The topological polar surface area (TPSA) is 103 Å². The van der Waals surface area contributed by atoms with Crippen molar-refractivity contribution >= 4 is 11.6 Å². The van der Waals surface area contributed by atoms with E-state index in [-0.39, 0.29) is 23.0 Å². The predicted molar refractivity (Wildman–Crippen MR) is 115 cm³/mol. The van der Waals surface area contributed by atoms with Crippen LogP contribution in [0.4, 0.5) is 5.69 Å². The quantitative estimate of drug-likeness (QED) is 0.366. The Morgan fingerprint density at radius 1 is 1.03 bits per heavy atom. The Balaban J connectivity index is 1.62. The number of rotatable bonds is 7. The number of carbonyl (C=O) groups excluding carboxylic acids is 1. The van der Waals surface area contributed by atoms with Gasteiger partial charge in [-0.2, -0.15) is 5.10 Å². The summed E-state index contributed by atoms with van der Waals surface area (Å²) in [5.41, 5.74) is 2.24. The maximum atomic E-state index is 13.0. The first-order chi connectivity index (χ1) is 15.1. The van der Waals surface area contributed by atoms with Gasteiger partial charge in [-0.3, -0.25) is 14.9 Å². The van der Waals surface area contributed by atoms with Gasteiger partial charge in [0.1, 0.15) is 18.3 Å². The number of aromatic nitrogens is 3. The first kappa shape index (κ1) is 20.0. The zero-order valence-electron chi connectivity index (χ0n) is 16.5. The Kier molecular flexibility index (Phi) is 5.79. The minimum absolute atomic E-state index is 0.199. The van der Waals surface area contributed by atoms with E-state index >= 15 is 0 Å². The summed E-state index contributed by atoms with van der Waals surface area (Å²) in [6.45, 7) is 0. The van der Waals surface area contributed by atoms with Crippen molar-refractivity contribution in [1.82, 2.24) is 20.1 Å². The molecule has 4 aromatic rings. The maximum absolute atomic E-state index is 13.0. The van der Waals surface area contributed by atoms with E-state index in [1.165, 1.54) is 29.5 Å². The Labute approximate surface area is 178 Å². The maximum Gasteiger partial charge on any atom is 0.295 e. The van der Waals surface area contributed by atoms with Crippen molar-refractivity contribution in [1.29, 1.82) is 0 Å². The molecule has 1 N–H and O–H groups in total. The smallest absolute Gasteiger partial charge is 0.295 e. The van der Waals surface area contributed by atoms with Crippen molar-refractivity contribution in [3.05, 3.63) is 118 Å². The molecule has 0 unspecified atom stereocenters. The van der Waals surface area contributed by atoms with Crippen LogP contribution in [0.25, 0.3) is 5.69 Å². The van der Waals surface area contributed by atoms with Crippen molar-refractivity contribution in [2.45, 2.75) is 12.5 Å². The van der Waals surface area contributed by atoms with Gasteiger partial charge >= 0.3 is 0 Å². The Morgan fingerprint density at radius 2 is 1.74 bits per heavy atom. The molecule has 8 heteroatoms. The van der Waals surface area contributed by atoms with Crippen LogP contribution in [0.1, 0.15) is 27.5 Å². The van der Waals surface area contributed by atoms with E-state index in [0.29, 0.717) is 6.42 Å². The second-order valence-electron chi connectivity index (χ2n) is 6.93. The van der Waals surface area contributed by atoms with Crippen LogP contribution < -0.4 is 5.32 Å². The normalized spacial score (nSPS) is 11.6. The number of nitrogens with one attached hydrogen (secondary N) is 1. The van der Waals surface area contributed by atoms with Crippen LogP contribution >= 0.6 is 0 Å². The fourth-order valence-corrected chi connectivity index (χ4v) is 3.37. The zero-order chi connectivity index (χ0) is 21.6. The summed E-state index contributed by atoms with van der Waals surface area (Å²) in [5, 5.41) is 18.6. The molecule has 0 radical (unpaired) electrons. The summed E-state index contributed by atoms with van der Waals surface area (Å²) in [7, 11) is 0. The average Bonchev–Trinajstić information content (AvgIpc) is 3.34. The van der Waals surface area contributed by atoms with Crippen molar-refractivity contribution in [2.75, 3.05) is 0 Å². The number of nitro benzene ring substituents is 1. The fourth-order valence-electron chi connectivity index (χ4n) is 3.37. The molecule has 0 saturated heterocycles. The molecule has 1 atom stereocenters. The first-order valence-corrected chi connectivity index (χ1v) is 9.65. The molecule has 0 bridgehead atoms. The van der Waals surface area contributed by atoms with Crippen LogP contribution in [0.5, 0.6) is 0 Å². The van der Waals surface area contributed by atoms with Gasteiger partial charge < -0.3 is 5.32 Å². The number of nitro groups is 1. The summed E-state index contributed by atoms with van der Waals surface area (Å²) in [5.74, 6) is -0.391. The monoisotopic (exact) mass is 413 g/mol. The zero-order valence-corrected chi connectivity index (χ0v) is 16.5. The molecule has 1 amide bonds. The van der Waals surface area contributed by atoms with E-state index in [1.54, 1.807) is 6.07 Å². The Morgan fingerprint density at radius 3 is 2.39 bits per heavy atom. The second-order valence-corrected chi connectivity index (χ2v) is 6.93. The molecule has 3 aromatic carbocycles. The molecule has 1 heterocycles. The molecule has 0 aliphatic rings. The highest BCUT2D eigenvalue weighted by molar-refractivity contribution is 5.95. The molecule has 8 nitrogen and oxygen atoms in total. The van der Waals surface area contributed by atoms with E-state index < -0.39 is 10.8 Å².